The molecule has 0 saturated carbocycles. The highest BCUT2D eigenvalue weighted by atomic mass is 14.9. The van der Waals surface area contributed by atoms with Crippen molar-refractivity contribution in [3.8, 4) is 22.3 Å². The predicted molar refractivity (Wildman–Crippen MR) is 146 cm³/mol. The van der Waals surface area contributed by atoms with Crippen molar-refractivity contribution in [1.29, 1.82) is 0 Å². The number of aromatic nitrogens is 1. The third kappa shape index (κ3) is 5.84. The van der Waals surface area contributed by atoms with Gasteiger partial charge in [0.25, 0.3) is 0 Å². The molecule has 0 N–H and O–H groups in total. The van der Waals surface area contributed by atoms with Crippen LogP contribution in [0, 0.1) is 0 Å². The number of rotatable bonds is 6. The van der Waals surface area contributed by atoms with Crippen LogP contribution in [0.4, 0.5) is 0 Å². The van der Waals surface area contributed by atoms with Crippen molar-refractivity contribution in [2.24, 2.45) is 9.98 Å². The fraction of sp³-hybridized carbons (Fsp3) is 0.0312. The van der Waals surface area contributed by atoms with E-state index in [1.54, 1.807) is 6.20 Å². The van der Waals surface area contributed by atoms with E-state index in [2.05, 4.69) is 71.7 Å². The van der Waals surface area contributed by atoms with Gasteiger partial charge in [0.2, 0.25) is 0 Å². The second kappa shape index (κ2) is 11.0. The van der Waals surface area contributed by atoms with Crippen LogP contribution in [0.1, 0.15) is 16.7 Å². The first-order valence-electron chi connectivity index (χ1n) is 11.6. The molecule has 4 aromatic carbocycles. The zero-order valence-electron chi connectivity index (χ0n) is 19.3. The first-order valence-corrected chi connectivity index (χ1v) is 11.6. The van der Waals surface area contributed by atoms with Gasteiger partial charge in [-0.1, -0.05) is 103 Å². The molecule has 1 heterocycles. The molecule has 0 aliphatic carbocycles. The van der Waals surface area contributed by atoms with E-state index in [0.717, 1.165) is 38.9 Å². The van der Waals surface area contributed by atoms with Crippen LogP contribution >= 0.6 is 0 Å². The van der Waals surface area contributed by atoms with E-state index in [-0.39, 0.29) is 0 Å². The Morgan fingerprint density at radius 2 is 1.29 bits per heavy atom. The molecule has 3 heteroatoms. The Morgan fingerprint density at radius 1 is 0.629 bits per heavy atom. The van der Waals surface area contributed by atoms with Crippen molar-refractivity contribution in [3.05, 3.63) is 150 Å². The molecule has 0 spiro atoms. The summed E-state index contributed by atoms with van der Waals surface area (Å²) < 4.78 is 0. The van der Waals surface area contributed by atoms with Crippen LogP contribution in [-0.2, 0) is 6.54 Å². The Balaban J connectivity index is 1.49. The van der Waals surface area contributed by atoms with Gasteiger partial charge in [0.1, 0.15) is 0 Å². The van der Waals surface area contributed by atoms with E-state index in [9.17, 15) is 0 Å². The minimum atomic E-state index is 0.572. The lowest BCUT2D eigenvalue weighted by atomic mass is 9.98. The molecule has 0 unspecified atom stereocenters. The zero-order chi connectivity index (χ0) is 23.7. The van der Waals surface area contributed by atoms with Crippen LogP contribution in [-0.4, -0.2) is 17.0 Å². The first kappa shape index (κ1) is 22.2. The molecule has 3 nitrogen and oxygen atoms in total. The molecule has 5 rings (SSSR count). The van der Waals surface area contributed by atoms with Gasteiger partial charge in [0.15, 0.2) is 5.84 Å². The van der Waals surface area contributed by atoms with E-state index in [0.29, 0.717) is 12.4 Å². The monoisotopic (exact) mass is 451 g/mol. The van der Waals surface area contributed by atoms with Crippen LogP contribution in [0.25, 0.3) is 22.3 Å². The van der Waals surface area contributed by atoms with Crippen LogP contribution in [0.5, 0.6) is 0 Å². The van der Waals surface area contributed by atoms with Gasteiger partial charge < -0.3 is 0 Å². The number of pyridine rings is 1. The van der Waals surface area contributed by atoms with E-state index >= 15 is 0 Å². The van der Waals surface area contributed by atoms with Gasteiger partial charge in [-0.05, 0) is 46.0 Å². The molecule has 168 valence electrons. The third-order valence-corrected chi connectivity index (χ3v) is 5.70. The van der Waals surface area contributed by atoms with E-state index < -0.39 is 0 Å². The highest BCUT2D eigenvalue weighted by Crippen LogP contribution is 2.27. The molecule has 35 heavy (non-hydrogen) atoms. The van der Waals surface area contributed by atoms with Crippen molar-refractivity contribution in [2.75, 3.05) is 0 Å². The van der Waals surface area contributed by atoms with Crippen LogP contribution in [0.15, 0.2) is 144 Å². The Bertz CT molecular complexity index is 1440. The molecule has 0 amide bonds. The topological polar surface area (TPSA) is 37.6 Å². The molecular weight excluding hydrogens is 426 g/mol. The maximum absolute atomic E-state index is 4.89. The smallest absolute Gasteiger partial charge is 0.154 e. The molecule has 0 radical (unpaired) electrons. The normalized spacial score (nSPS) is 11.6. The van der Waals surface area contributed by atoms with Gasteiger partial charge in [-0.15, -0.1) is 0 Å². The minimum Gasteiger partial charge on any atom is -0.264 e. The zero-order valence-corrected chi connectivity index (χ0v) is 19.3. The quantitative estimate of drug-likeness (QED) is 0.195. The van der Waals surface area contributed by atoms with E-state index in [1.807, 2.05) is 67.0 Å². The number of aliphatic imine (C=N–C) groups is 2. The van der Waals surface area contributed by atoms with Gasteiger partial charge in [-0.25, -0.2) is 4.99 Å². The summed E-state index contributed by atoms with van der Waals surface area (Å²) >= 11 is 0. The maximum Gasteiger partial charge on any atom is 0.154 e. The summed E-state index contributed by atoms with van der Waals surface area (Å²) in [5.74, 6) is 0.711. The number of hydrogen-bond acceptors (Lipinski definition) is 2. The summed E-state index contributed by atoms with van der Waals surface area (Å²) in [6.07, 6.45) is 5.56. The second-order valence-electron chi connectivity index (χ2n) is 8.20. The van der Waals surface area contributed by atoms with Crippen molar-refractivity contribution < 1.29 is 0 Å². The molecule has 0 atom stereocenters. The maximum atomic E-state index is 4.89. The molecule has 0 aliphatic heterocycles. The van der Waals surface area contributed by atoms with Gasteiger partial charge >= 0.3 is 0 Å². The standard InChI is InChI=1S/C32H25N3/c1-3-10-25(11-4-1)22-34-32(35-23-26-12-5-2-6-13-26)30-17-8-15-28(21-30)27-14-7-16-29(20-27)31-18-9-19-33-24-31/h1-22,24H,23H2/b34-22+,35-32-. The number of hydrogen-bond donors (Lipinski definition) is 0. The molecule has 5 aromatic rings. The Kier molecular flexibility index (Phi) is 6.97. The Labute approximate surface area is 206 Å². The van der Waals surface area contributed by atoms with Gasteiger partial charge in [0, 0.05) is 29.7 Å². The molecular formula is C32H25N3. The first-order chi connectivity index (χ1) is 17.3. The fourth-order valence-corrected chi connectivity index (χ4v) is 3.88. The Morgan fingerprint density at radius 3 is 2.03 bits per heavy atom. The second-order valence-corrected chi connectivity index (χ2v) is 8.20. The van der Waals surface area contributed by atoms with Crippen molar-refractivity contribution in [1.82, 2.24) is 4.98 Å². The average Bonchev–Trinajstić information content (AvgIpc) is 2.95. The Hall–Kier alpha value is -4.63. The van der Waals surface area contributed by atoms with Gasteiger partial charge in [-0.2, -0.15) is 0 Å². The molecule has 1 aromatic heterocycles. The summed E-state index contributed by atoms with van der Waals surface area (Å²) in [7, 11) is 0. The fourth-order valence-electron chi connectivity index (χ4n) is 3.88. The lowest BCUT2D eigenvalue weighted by Crippen LogP contribution is -2.00. The van der Waals surface area contributed by atoms with Crippen LogP contribution in [0.2, 0.25) is 0 Å². The van der Waals surface area contributed by atoms with Gasteiger partial charge in [-0.3, -0.25) is 9.98 Å². The molecule has 0 saturated heterocycles. The van der Waals surface area contributed by atoms with Gasteiger partial charge in [0.05, 0.1) is 6.54 Å². The summed E-state index contributed by atoms with van der Waals surface area (Å²) in [5.41, 5.74) is 7.68. The van der Waals surface area contributed by atoms with Crippen molar-refractivity contribution in [3.63, 3.8) is 0 Å². The van der Waals surface area contributed by atoms with Crippen LogP contribution in [0.3, 0.4) is 0 Å². The molecule has 0 fully saturated rings. The summed E-state index contributed by atoms with van der Waals surface area (Å²) in [5, 5.41) is 0. The SMILES string of the molecule is C(=N\C(=N/Cc1ccccc1)c1cccc(-c2cccc(-c3cccnc3)c2)c1)/c1ccccc1. The van der Waals surface area contributed by atoms with Crippen molar-refractivity contribution in [2.45, 2.75) is 6.54 Å². The third-order valence-electron chi connectivity index (χ3n) is 5.70. The van der Waals surface area contributed by atoms with Crippen LogP contribution < -0.4 is 0 Å². The molecule has 0 bridgehead atoms. The highest BCUT2D eigenvalue weighted by Gasteiger charge is 2.07. The lowest BCUT2D eigenvalue weighted by Gasteiger charge is -2.09. The van der Waals surface area contributed by atoms with E-state index in [1.165, 1.54) is 0 Å². The average molecular weight is 452 g/mol. The van der Waals surface area contributed by atoms with E-state index in [4.69, 9.17) is 9.98 Å². The highest BCUT2D eigenvalue weighted by molar-refractivity contribution is 6.05. The van der Waals surface area contributed by atoms with Crippen molar-refractivity contribution >= 4 is 12.1 Å². The minimum absolute atomic E-state index is 0.572. The molecule has 0 aliphatic rings. The number of benzene rings is 4. The summed E-state index contributed by atoms with van der Waals surface area (Å²) in [6, 6.07) is 41.4. The lowest BCUT2D eigenvalue weighted by molar-refractivity contribution is 1.06. The number of nitrogens with zero attached hydrogens (tertiary/aromatic N) is 3. The summed E-state index contributed by atoms with van der Waals surface area (Å²) in [6.45, 7) is 0.572. The predicted octanol–water partition coefficient (Wildman–Crippen LogP) is 7.48. The summed E-state index contributed by atoms with van der Waals surface area (Å²) in [4.78, 5) is 13.9. The largest absolute Gasteiger partial charge is 0.264 e. The number of amidine groups is 1.